The van der Waals surface area contributed by atoms with Crippen LogP contribution in [0.1, 0.15) is 29.9 Å². The number of benzene rings is 2. The summed E-state index contributed by atoms with van der Waals surface area (Å²) >= 11 is 0. The minimum atomic E-state index is -0.463. The zero-order chi connectivity index (χ0) is 17.9. The molecule has 5 heteroatoms. The lowest BCUT2D eigenvalue weighted by atomic mass is 9.89. The summed E-state index contributed by atoms with van der Waals surface area (Å²) in [5.41, 5.74) is 2.92. The van der Waals surface area contributed by atoms with Crippen molar-refractivity contribution >= 4 is 11.7 Å². The SMILES string of the molecule is O=C1ON=C(c2ccc(F)cc2)C1=CN1CCC(c2ccccc2)CC1. The highest BCUT2D eigenvalue weighted by atomic mass is 19.1. The van der Waals surface area contributed by atoms with Gasteiger partial charge in [-0.25, -0.2) is 9.18 Å². The lowest BCUT2D eigenvalue weighted by molar-refractivity contribution is -0.136. The Bertz CT molecular complexity index is 851. The average Bonchev–Trinajstić information content (AvgIpc) is 3.04. The molecule has 132 valence electrons. The molecule has 2 aromatic rings. The number of likely N-dealkylation sites (tertiary alicyclic amines) is 1. The third-order valence-corrected chi connectivity index (χ3v) is 4.92. The number of hydrogen-bond acceptors (Lipinski definition) is 4. The summed E-state index contributed by atoms with van der Waals surface area (Å²) < 4.78 is 13.1. The predicted octanol–water partition coefficient (Wildman–Crippen LogP) is 3.85. The van der Waals surface area contributed by atoms with E-state index in [1.165, 1.54) is 17.7 Å². The largest absolute Gasteiger partial charge is 0.377 e. The number of hydrogen-bond donors (Lipinski definition) is 0. The summed E-state index contributed by atoms with van der Waals surface area (Å²) in [6, 6.07) is 16.4. The second kappa shape index (κ2) is 7.12. The number of carbonyl (C=O) groups excluding carboxylic acids is 1. The third kappa shape index (κ3) is 3.38. The maximum Gasteiger partial charge on any atom is 0.369 e. The van der Waals surface area contributed by atoms with Gasteiger partial charge < -0.3 is 9.74 Å². The second-order valence-corrected chi connectivity index (χ2v) is 6.59. The van der Waals surface area contributed by atoms with E-state index >= 15 is 0 Å². The fraction of sp³-hybridized carbons (Fsp3) is 0.238. The molecule has 2 heterocycles. The highest BCUT2D eigenvalue weighted by molar-refractivity contribution is 6.28. The number of carbonyl (C=O) groups is 1. The maximum absolute atomic E-state index is 13.1. The van der Waals surface area contributed by atoms with Crippen LogP contribution in [0.4, 0.5) is 4.39 Å². The molecule has 0 bridgehead atoms. The summed E-state index contributed by atoms with van der Waals surface area (Å²) in [5.74, 6) is -0.241. The second-order valence-electron chi connectivity index (χ2n) is 6.59. The molecule has 0 radical (unpaired) electrons. The molecule has 0 amide bonds. The van der Waals surface area contributed by atoms with Gasteiger partial charge in [0.25, 0.3) is 0 Å². The Morgan fingerprint density at radius 1 is 1.04 bits per heavy atom. The number of nitrogens with zero attached hydrogens (tertiary/aromatic N) is 2. The van der Waals surface area contributed by atoms with Crippen molar-refractivity contribution in [1.29, 1.82) is 0 Å². The minimum absolute atomic E-state index is 0.326. The Hall–Kier alpha value is -2.95. The lowest BCUT2D eigenvalue weighted by Crippen LogP contribution is -2.30. The Balaban J connectivity index is 1.48. The molecule has 0 spiro atoms. The Morgan fingerprint density at radius 3 is 2.42 bits per heavy atom. The molecule has 0 saturated carbocycles. The first-order valence-corrected chi connectivity index (χ1v) is 8.77. The van der Waals surface area contributed by atoms with Gasteiger partial charge in [0.15, 0.2) is 0 Å². The van der Waals surface area contributed by atoms with Gasteiger partial charge in [-0.15, -0.1) is 0 Å². The molecule has 26 heavy (non-hydrogen) atoms. The predicted molar refractivity (Wildman–Crippen MR) is 97.1 cm³/mol. The first kappa shape index (κ1) is 16.5. The van der Waals surface area contributed by atoms with Crippen molar-refractivity contribution < 1.29 is 14.0 Å². The van der Waals surface area contributed by atoms with Crippen LogP contribution in [-0.4, -0.2) is 29.7 Å². The number of halogens is 1. The first-order valence-electron chi connectivity index (χ1n) is 8.77. The van der Waals surface area contributed by atoms with Crippen molar-refractivity contribution in [3.05, 3.63) is 83.3 Å². The smallest absolute Gasteiger partial charge is 0.369 e. The van der Waals surface area contributed by atoms with Crippen LogP contribution in [0.2, 0.25) is 0 Å². The quantitative estimate of drug-likeness (QED) is 0.624. The van der Waals surface area contributed by atoms with Crippen molar-refractivity contribution in [1.82, 2.24) is 4.90 Å². The van der Waals surface area contributed by atoms with E-state index in [1.807, 2.05) is 12.3 Å². The van der Waals surface area contributed by atoms with Crippen LogP contribution in [0.15, 0.2) is 71.5 Å². The average molecular weight is 350 g/mol. The van der Waals surface area contributed by atoms with E-state index in [9.17, 15) is 9.18 Å². The van der Waals surface area contributed by atoms with Crippen LogP contribution in [0, 0.1) is 5.82 Å². The van der Waals surface area contributed by atoms with Crippen LogP contribution in [-0.2, 0) is 9.63 Å². The summed E-state index contributed by atoms with van der Waals surface area (Å²) in [4.78, 5) is 19.1. The zero-order valence-corrected chi connectivity index (χ0v) is 14.3. The van der Waals surface area contributed by atoms with E-state index < -0.39 is 5.97 Å². The molecule has 0 unspecified atom stereocenters. The van der Waals surface area contributed by atoms with Crippen molar-refractivity contribution in [3.63, 3.8) is 0 Å². The van der Waals surface area contributed by atoms with Gasteiger partial charge in [0.1, 0.15) is 17.1 Å². The van der Waals surface area contributed by atoms with Crippen molar-refractivity contribution in [2.24, 2.45) is 5.16 Å². The zero-order valence-electron chi connectivity index (χ0n) is 14.3. The van der Waals surface area contributed by atoms with Crippen LogP contribution >= 0.6 is 0 Å². The molecule has 1 fully saturated rings. The highest BCUT2D eigenvalue weighted by Gasteiger charge is 2.29. The van der Waals surface area contributed by atoms with E-state index in [0.29, 0.717) is 22.8 Å². The molecule has 2 aromatic carbocycles. The molecule has 0 aromatic heterocycles. The van der Waals surface area contributed by atoms with Crippen molar-refractivity contribution in [2.45, 2.75) is 18.8 Å². The topological polar surface area (TPSA) is 41.9 Å². The van der Waals surface area contributed by atoms with Crippen molar-refractivity contribution in [2.75, 3.05) is 13.1 Å². The summed E-state index contributed by atoms with van der Waals surface area (Å²) in [6.07, 6.45) is 3.90. The molecular weight excluding hydrogens is 331 g/mol. The molecule has 0 N–H and O–H groups in total. The van der Waals surface area contributed by atoms with Gasteiger partial charge >= 0.3 is 5.97 Å². The monoisotopic (exact) mass is 350 g/mol. The highest BCUT2D eigenvalue weighted by Crippen LogP contribution is 2.29. The Labute approximate surface area is 151 Å². The fourth-order valence-electron chi connectivity index (χ4n) is 3.48. The Kier molecular flexibility index (Phi) is 4.52. The van der Waals surface area contributed by atoms with Gasteiger partial charge in [-0.05, 0) is 48.6 Å². The normalized spacial score (nSPS) is 19.6. The standard InChI is InChI=1S/C21H19FN2O2/c22-18-8-6-17(7-9-18)20-19(21(25)26-23-20)14-24-12-10-16(11-13-24)15-4-2-1-3-5-15/h1-9,14,16H,10-13H2. The Morgan fingerprint density at radius 2 is 1.73 bits per heavy atom. The molecule has 4 rings (SSSR count). The molecule has 2 aliphatic rings. The molecule has 0 atom stereocenters. The van der Waals surface area contributed by atoms with Gasteiger partial charge in [-0.2, -0.15) is 0 Å². The van der Waals surface area contributed by atoms with Crippen molar-refractivity contribution in [3.8, 4) is 0 Å². The van der Waals surface area contributed by atoms with Crippen LogP contribution < -0.4 is 0 Å². The molecule has 2 aliphatic heterocycles. The molecule has 4 nitrogen and oxygen atoms in total. The van der Waals surface area contributed by atoms with Gasteiger partial charge in [0, 0.05) is 24.9 Å². The van der Waals surface area contributed by atoms with E-state index in [0.717, 1.165) is 25.9 Å². The summed E-state index contributed by atoms with van der Waals surface area (Å²) in [5, 5.41) is 3.88. The van der Waals surface area contributed by atoms with Gasteiger partial charge in [0.05, 0.1) is 0 Å². The first-order chi connectivity index (χ1) is 12.7. The molecule has 1 saturated heterocycles. The fourth-order valence-corrected chi connectivity index (χ4v) is 3.48. The number of piperidine rings is 1. The molecular formula is C21H19FN2O2. The molecule has 0 aliphatic carbocycles. The van der Waals surface area contributed by atoms with E-state index in [-0.39, 0.29) is 5.82 Å². The van der Waals surface area contributed by atoms with Crippen LogP contribution in [0.5, 0.6) is 0 Å². The summed E-state index contributed by atoms with van der Waals surface area (Å²) in [7, 11) is 0. The van der Waals surface area contributed by atoms with E-state index in [4.69, 9.17) is 4.84 Å². The lowest BCUT2D eigenvalue weighted by Gasteiger charge is -2.31. The van der Waals surface area contributed by atoms with Gasteiger partial charge in [-0.1, -0.05) is 35.5 Å². The maximum atomic E-state index is 13.1. The van der Waals surface area contributed by atoms with Crippen LogP contribution in [0.3, 0.4) is 0 Å². The number of oxime groups is 1. The third-order valence-electron chi connectivity index (χ3n) is 4.92. The minimum Gasteiger partial charge on any atom is -0.377 e. The van der Waals surface area contributed by atoms with Gasteiger partial charge in [0.2, 0.25) is 0 Å². The van der Waals surface area contributed by atoms with Crippen LogP contribution in [0.25, 0.3) is 0 Å². The van der Waals surface area contributed by atoms with E-state index in [1.54, 1.807) is 12.1 Å². The number of rotatable bonds is 3. The van der Waals surface area contributed by atoms with Gasteiger partial charge in [-0.3, -0.25) is 0 Å². The summed E-state index contributed by atoms with van der Waals surface area (Å²) in [6.45, 7) is 1.74. The van der Waals surface area contributed by atoms with E-state index in [2.05, 4.69) is 34.3 Å².